The number of rotatable bonds is 6. The van der Waals surface area contributed by atoms with Crippen LogP contribution in [0.5, 0.6) is 0 Å². The normalized spacial score (nSPS) is 10.5. The minimum absolute atomic E-state index is 0.239. The second-order valence-corrected chi connectivity index (χ2v) is 5.07. The molecule has 2 aromatic rings. The van der Waals surface area contributed by atoms with Crippen LogP contribution in [-0.4, -0.2) is 45.1 Å². The first-order valence-electron chi connectivity index (χ1n) is 6.19. The van der Waals surface area contributed by atoms with Gasteiger partial charge in [-0.2, -0.15) is 11.8 Å². The summed E-state index contributed by atoms with van der Waals surface area (Å²) in [7, 11) is 1.34. The minimum Gasteiger partial charge on any atom is -0.464 e. The van der Waals surface area contributed by atoms with Crippen molar-refractivity contribution in [1.82, 2.24) is 20.0 Å². The summed E-state index contributed by atoms with van der Waals surface area (Å²) in [4.78, 5) is 15.8. The molecular formula is C13H16N4O2S. The Morgan fingerprint density at radius 2 is 2.15 bits per heavy atom. The summed E-state index contributed by atoms with van der Waals surface area (Å²) in [5, 5.41) is 8.02. The second-order valence-electron chi connectivity index (χ2n) is 4.08. The molecule has 0 radical (unpaired) electrons. The number of esters is 1. The molecule has 106 valence electrons. The summed E-state index contributed by atoms with van der Waals surface area (Å²) >= 11 is 1.78. The van der Waals surface area contributed by atoms with E-state index in [1.54, 1.807) is 28.8 Å². The van der Waals surface area contributed by atoms with Crippen molar-refractivity contribution in [3.05, 3.63) is 30.2 Å². The maximum Gasteiger partial charge on any atom is 0.360 e. The number of nitrogens with zero attached hydrogens (tertiary/aromatic N) is 4. The molecule has 7 heteroatoms. The standard InChI is InChI=1S/C13H16N4O2S/c1-19-13(18)11-12(10-4-6-14-7-5-10)17(16-15-11)8-3-9-20-2/h4-7H,3,8-9H2,1-2H3. The van der Waals surface area contributed by atoms with E-state index in [-0.39, 0.29) is 5.69 Å². The summed E-state index contributed by atoms with van der Waals surface area (Å²) in [6, 6.07) is 3.66. The van der Waals surface area contributed by atoms with Gasteiger partial charge in [0.15, 0.2) is 5.69 Å². The molecule has 0 amide bonds. The van der Waals surface area contributed by atoms with Crippen molar-refractivity contribution in [1.29, 1.82) is 0 Å². The molecule has 6 nitrogen and oxygen atoms in total. The number of methoxy groups -OCH3 is 1. The van der Waals surface area contributed by atoms with E-state index in [0.717, 1.165) is 17.7 Å². The molecular weight excluding hydrogens is 276 g/mol. The monoisotopic (exact) mass is 292 g/mol. The molecule has 0 spiro atoms. The number of carbonyl (C=O) groups excluding carboxylic acids is 1. The molecule has 20 heavy (non-hydrogen) atoms. The number of aromatic nitrogens is 4. The number of ether oxygens (including phenoxy) is 1. The minimum atomic E-state index is -0.479. The predicted molar refractivity (Wildman–Crippen MR) is 77.6 cm³/mol. The first-order valence-corrected chi connectivity index (χ1v) is 7.58. The van der Waals surface area contributed by atoms with Gasteiger partial charge in [0.25, 0.3) is 0 Å². The highest BCUT2D eigenvalue weighted by Gasteiger charge is 2.21. The Kier molecular flexibility index (Phi) is 5.11. The van der Waals surface area contributed by atoms with Crippen LogP contribution in [0.2, 0.25) is 0 Å². The first kappa shape index (κ1) is 14.5. The van der Waals surface area contributed by atoms with Gasteiger partial charge in [0.2, 0.25) is 0 Å². The van der Waals surface area contributed by atoms with Crippen LogP contribution in [0.15, 0.2) is 24.5 Å². The van der Waals surface area contributed by atoms with E-state index in [1.807, 2.05) is 12.1 Å². The van der Waals surface area contributed by atoms with Crippen LogP contribution in [-0.2, 0) is 11.3 Å². The highest BCUT2D eigenvalue weighted by atomic mass is 32.2. The zero-order chi connectivity index (χ0) is 14.4. The van der Waals surface area contributed by atoms with Crippen LogP contribution in [0.3, 0.4) is 0 Å². The van der Waals surface area contributed by atoms with E-state index >= 15 is 0 Å². The van der Waals surface area contributed by atoms with Crippen molar-refractivity contribution in [2.24, 2.45) is 0 Å². The number of hydrogen-bond donors (Lipinski definition) is 0. The van der Waals surface area contributed by atoms with Crippen LogP contribution in [0, 0.1) is 0 Å². The maximum absolute atomic E-state index is 11.8. The van der Waals surface area contributed by atoms with Gasteiger partial charge in [0.1, 0.15) is 5.69 Å². The van der Waals surface area contributed by atoms with Crippen molar-refractivity contribution in [3.8, 4) is 11.3 Å². The maximum atomic E-state index is 11.8. The molecule has 0 saturated carbocycles. The SMILES string of the molecule is COC(=O)c1nnn(CCCSC)c1-c1ccncc1. The van der Waals surface area contributed by atoms with Crippen molar-refractivity contribution in [2.75, 3.05) is 19.1 Å². The highest BCUT2D eigenvalue weighted by molar-refractivity contribution is 7.98. The molecule has 0 aliphatic rings. The molecule has 2 rings (SSSR count). The summed E-state index contributed by atoms with van der Waals surface area (Å²) in [5.74, 6) is 0.552. The second kappa shape index (κ2) is 7.04. The number of hydrogen-bond acceptors (Lipinski definition) is 6. The van der Waals surface area contributed by atoms with E-state index in [4.69, 9.17) is 4.74 Å². The fourth-order valence-corrected chi connectivity index (χ4v) is 2.28. The van der Waals surface area contributed by atoms with Crippen LogP contribution in [0.1, 0.15) is 16.9 Å². The lowest BCUT2D eigenvalue weighted by atomic mass is 10.1. The topological polar surface area (TPSA) is 69.9 Å². The molecule has 0 saturated heterocycles. The highest BCUT2D eigenvalue weighted by Crippen LogP contribution is 2.22. The lowest BCUT2D eigenvalue weighted by Gasteiger charge is -2.07. The average molecular weight is 292 g/mol. The van der Waals surface area contributed by atoms with E-state index in [0.29, 0.717) is 12.2 Å². The van der Waals surface area contributed by atoms with E-state index in [1.165, 1.54) is 7.11 Å². The van der Waals surface area contributed by atoms with Crippen molar-refractivity contribution in [3.63, 3.8) is 0 Å². The summed E-state index contributed by atoms with van der Waals surface area (Å²) in [5.41, 5.74) is 1.78. The molecule has 0 N–H and O–H groups in total. The number of thioether (sulfide) groups is 1. The largest absolute Gasteiger partial charge is 0.464 e. The smallest absolute Gasteiger partial charge is 0.360 e. The first-order chi connectivity index (χ1) is 9.77. The Bertz CT molecular complexity index is 571. The zero-order valence-electron chi connectivity index (χ0n) is 11.4. The average Bonchev–Trinajstić information content (AvgIpc) is 2.91. The summed E-state index contributed by atoms with van der Waals surface area (Å²) in [6.07, 6.45) is 6.37. The Morgan fingerprint density at radius 3 is 2.80 bits per heavy atom. The molecule has 2 aromatic heterocycles. The number of pyridine rings is 1. The molecule has 0 aromatic carbocycles. The molecule has 2 heterocycles. The van der Waals surface area contributed by atoms with Gasteiger partial charge in [0, 0.05) is 24.5 Å². The molecule has 0 aliphatic carbocycles. The quantitative estimate of drug-likeness (QED) is 0.598. The van der Waals surface area contributed by atoms with Crippen LogP contribution in [0.4, 0.5) is 0 Å². The van der Waals surface area contributed by atoms with Crippen molar-refractivity contribution >= 4 is 17.7 Å². The summed E-state index contributed by atoms with van der Waals surface area (Å²) < 4.78 is 6.51. The third-order valence-electron chi connectivity index (χ3n) is 2.79. The number of carbonyl (C=O) groups is 1. The number of aryl methyl sites for hydroxylation is 1. The van der Waals surface area contributed by atoms with E-state index < -0.39 is 5.97 Å². The molecule has 0 bridgehead atoms. The molecule has 0 aliphatic heterocycles. The fourth-order valence-electron chi connectivity index (χ4n) is 1.86. The fraction of sp³-hybridized carbons (Fsp3) is 0.385. The lowest BCUT2D eigenvalue weighted by molar-refractivity contribution is 0.0595. The van der Waals surface area contributed by atoms with Gasteiger partial charge in [-0.05, 0) is 30.6 Å². The van der Waals surface area contributed by atoms with Gasteiger partial charge >= 0.3 is 5.97 Å². The Morgan fingerprint density at radius 1 is 1.40 bits per heavy atom. The molecule has 0 atom stereocenters. The third kappa shape index (κ3) is 3.16. The Balaban J connectivity index is 2.38. The zero-order valence-corrected chi connectivity index (χ0v) is 12.3. The molecule has 0 fully saturated rings. The summed E-state index contributed by atoms with van der Waals surface area (Å²) in [6.45, 7) is 0.711. The van der Waals surface area contributed by atoms with Crippen LogP contribution < -0.4 is 0 Å². The van der Waals surface area contributed by atoms with Crippen LogP contribution >= 0.6 is 11.8 Å². The van der Waals surface area contributed by atoms with Crippen LogP contribution in [0.25, 0.3) is 11.3 Å². The van der Waals surface area contributed by atoms with Crippen molar-refractivity contribution in [2.45, 2.75) is 13.0 Å². The predicted octanol–water partition coefficient (Wildman–Crippen LogP) is 1.88. The van der Waals surface area contributed by atoms with Gasteiger partial charge in [-0.3, -0.25) is 4.98 Å². The van der Waals surface area contributed by atoms with Gasteiger partial charge in [-0.1, -0.05) is 5.21 Å². The van der Waals surface area contributed by atoms with Gasteiger partial charge < -0.3 is 4.74 Å². The Hall–Kier alpha value is -1.89. The van der Waals surface area contributed by atoms with Gasteiger partial charge in [0.05, 0.1) is 7.11 Å². The van der Waals surface area contributed by atoms with E-state index in [9.17, 15) is 4.79 Å². The third-order valence-corrected chi connectivity index (χ3v) is 3.48. The van der Waals surface area contributed by atoms with Crippen molar-refractivity contribution < 1.29 is 9.53 Å². The Labute approximate surface area is 121 Å². The van der Waals surface area contributed by atoms with Gasteiger partial charge in [-0.25, -0.2) is 9.48 Å². The van der Waals surface area contributed by atoms with E-state index in [2.05, 4.69) is 21.6 Å². The van der Waals surface area contributed by atoms with Gasteiger partial charge in [-0.15, -0.1) is 5.10 Å². The lowest BCUT2D eigenvalue weighted by Crippen LogP contribution is -2.07. The molecule has 0 unspecified atom stereocenters.